The number of amides is 2. The van der Waals surface area contributed by atoms with Crippen molar-refractivity contribution < 1.29 is 14.0 Å². The molecule has 19 heavy (non-hydrogen) atoms. The Labute approximate surface area is 111 Å². The molecular formula is C13H18FN3O2. The number of halogens is 1. The first-order valence-corrected chi connectivity index (χ1v) is 5.87. The molecule has 5 nitrogen and oxygen atoms in total. The maximum Gasteiger partial charge on any atom is 0.234 e. The normalized spacial score (nSPS) is 10.9. The molecule has 1 aromatic carbocycles. The summed E-state index contributed by atoms with van der Waals surface area (Å²) in [5, 5.41) is 2.65. The number of carbonyl (C=O) groups is 2. The summed E-state index contributed by atoms with van der Waals surface area (Å²) in [4.78, 5) is 23.0. The second-order valence-corrected chi connectivity index (χ2v) is 5.14. The SMILES string of the molecule is CC(C)(CC(=O)NN)CC(=O)Nc1ccc(F)cc1. The van der Waals surface area contributed by atoms with Gasteiger partial charge in [0.25, 0.3) is 0 Å². The molecule has 0 heterocycles. The van der Waals surface area contributed by atoms with E-state index in [1.54, 1.807) is 13.8 Å². The predicted molar refractivity (Wildman–Crippen MR) is 70.4 cm³/mol. The molecule has 2 amide bonds. The van der Waals surface area contributed by atoms with Gasteiger partial charge in [-0.15, -0.1) is 0 Å². The average molecular weight is 267 g/mol. The van der Waals surface area contributed by atoms with Crippen molar-refractivity contribution in [3.05, 3.63) is 30.1 Å². The quantitative estimate of drug-likeness (QED) is 0.430. The molecule has 1 aromatic rings. The van der Waals surface area contributed by atoms with Crippen molar-refractivity contribution in [3.8, 4) is 0 Å². The predicted octanol–water partition coefficient (Wildman–Crippen LogP) is 1.56. The first-order chi connectivity index (χ1) is 8.82. The summed E-state index contributed by atoms with van der Waals surface area (Å²) in [6.45, 7) is 3.60. The van der Waals surface area contributed by atoms with Gasteiger partial charge in [0, 0.05) is 18.5 Å². The number of nitrogens with one attached hydrogen (secondary N) is 2. The number of anilines is 1. The molecule has 0 fully saturated rings. The minimum Gasteiger partial charge on any atom is -0.326 e. The largest absolute Gasteiger partial charge is 0.326 e. The molecule has 0 saturated carbocycles. The third kappa shape index (κ3) is 5.48. The lowest BCUT2D eigenvalue weighted by Crippen LogP contribution is -2.35. The maximum absolute atomic E-state index is 12.7. The van der Waals surface area contributed by atoms with Gasteiger partial charge in [0.15, 0.2) is 0 Å². The molecule has 0 saturated heterocycles. The number of nitrogens with two attached hydrogens (primary N) is 1. The van der Waals surface area contributed by atoms with Gasteiger partial charge >= 0.3 is 0 Å². The zero-order chi connectivity index (χ0) is 14.5. The molecule has 0 aromatic heterocycles. The Hall–Kier alpha value is -1.95. The fourth-order valence-corrected chi connectivity index (χ4v) is 1.72. The smallest absolute Gasteiger partial charge is 0.234 e. The van der Waals surface area contributed by atoms with Gasteiger partial charge < -0.3 is 5.32 Å². The second kappa shape index (κ2) is 6.29. The Morgan fingerprint density at radius 3 is 2.21 bits per heavy atom. The van der Waals surface area contributed by atoms with Crippen LogP contribution in [0, 0.1) is 11.2 Å². The van der Waals surface area contributed by atoms with Crippen LogP contribution in [0.1, 0.15) is 26.7 Å². The Bertz CT molecular complexity index is 457. The van der Waals surface area contributed by atoms with E-state index in [2.05, 4.69) is 5.32 Å². The van der Waals surface area contributed by atoms with Crippen molar-refractivity contribution in [2.45, 2.75) is 26.7 Å². The van der Waals surface area contributed by atoms with Crippen molar-refractivity contribution in [1.82, 2.24) is 5.43 Å². The third-order valence-corrected chi connectivity index (χ3v) is 2.57. The lowest BCUT2D eigenvalue weighted by atomic mass is 9.85. The zero-order valence-electron chi connectivity index (χ0n) is 11.0. The van der Waals surface area contributed by atoms with Crippen molar-refractivity contribution >= 4 is 17.5 Å². The lowest BCUT2D eigenvalue weighted by Gasteiger charge is -2.22. The Kier molecular flexibility index (Phi) is 5.00. The highest BCUT2D eigenvalue weighted by Gasteiger charge is 2.25. The number of benzene rings is 1. The standard InChI is InChI=1S/C13H18FN3O2/c1-13(2,8-12(19)17-15)7-11(18)16-10-5-3-9(14)4-6-10/h3-6H,7-8,15H2,1-2H3,(H,16,18)(H,17,19). The summed E-state index contributed by atoms with van der Waals surface area (Å²) >= 11 is 0. The highest BCUT2D eigenvalue weighted by atomic mass is 19.1. The molecule has 4 N–H and O–H groups in total. The van der Waals surface area contributed by atoms with E-state index < -0.39 is 5.41 Å². The van der Waals surface area contributed by atoms with E-state index in [4.69, 9.17) is 5.84 Å². The molecule has 104 valence electrons. The van der Waals surface area contributed by atoms with Crippen molar-refractivity contribution in [2.24, 2.45) is 11.3 Å². The number of hydrazine groups is 1. The van der Waals surface area contributed by atoms with E-state index in [1.165, 1.54) is 24.3 Å². The summed E-state index contributed by atoms with van der Waals surface area (Å²) in [5.41, 5.74) is 2.05. The molecule has 0 spiro atoms. The van der Waals surface area contributed by atoms with Crippen LogP contribution < -0.4 is 16.6 Å². The average Bonchev–Trinajstić information content (AvgIpc) is 2.30. The Balaban J connectivity index is 2.54. The van der Waals surface area contributed by atoms with Crippen LogP contribution in [0.4, 0.5) is 10.1 Å². The minimum atomic E-state index is -0.506. The molecule has 0 bridgehead atoms. The molecule has 6 heteroatoms. The monoisotopic (exact) mass is 267 g/mol. The van der Waals surface area contributed by atoms with Crippen LogP contribution in [-0.2, 0) is 9.59 Å². The van der Waals surface area contributed by atoms with Crippen LogP contribution in [0.3, 0.4) is 0 Å². The summed E-state index contributed by atoms with van der Waals surface area (Å²) < 4.78 is 12.7. The second-order valence-electron chi connectivity index (χ2n) is 5.14. The summed E-state index contributed by atoms with van der Waals surface area (Å²) in [5.74, 6) is 4.09. The minimum absolute atomic E-state index is 0.153. The van der Waals surface area contributed by atoms with E-state index in [0.717, 1.165) is 0 Å². The first-order valence-electron chi connectivity index (χ1n) is 5.87. The Morgan fingerprint density at radius 1 is 1.16 bits per heavy atom. The van der Waals surface area contributed by atoms with Crippen molar-refractivity contribution in [2.75, 3.05) is 5.32 Å². The van der Waals surface area contributed by atoms with Gasteiger partial charge in [0.1, 0.15) is 5.82 Å². The van der Waals surface area contributed by atoms with Crippen LogP contribution in [-0.4, -0.2) is 11.8 Å². The topological polar surface area (TPSA) is 84.2 Å². The van der Waals surface area contributed by atoms with Crippen molar-refractivity contribution in [3.63, 3.8) is 0 Å². The molecular weight excluding hydrogens is 249 g/mol. The summed E-state index contributed by atoms with van der Waals surface area (Å²) in [6.07, 6.45) is 0.318. The highest BCUT2D eigenvalue weighted by Crippen LogP contribution is 2.25. The first kappa shape index (κ1) is 15.1. The van der Waals surface area contributed by atoms with Gasteiger partial charge in [-0.05, 0) is 29.7 Å². The third-order valence-electron chi connectivity index (χ3n) is 2.57. The van der Waals surface area contributed by atoms with Gasteiger partial charge in [0.05, 0.1) is 0 Å². The molecule has 1 rings (SSSR count). The van der Waals surface area contributed by atoms with Crippen LogP contribution >= 0.6 is 0 Å². The van der Waals surface area contributed by atoms with Gasteiger partial charge in [-0.25, -0.2) is 10.2 Å². The number of hydrogen-bond donors (Lipinski definition) is 3. The van der Waals surface area contributed by atoms with Gasteiger partial charge in [0.2, 0.25) is 11.8 Å². The van der Waals surface area contributed by atoms with Crippen LogP contribution in [0.5, 0.6) is 0 Å². The summed E-state index contributed by atoms with van der Waals surface area (Å²) in [7, 11) is 0. The van der Waals surface area contributed by atoms with E-state index in [0.29, 0.717) is 5.69 Å². The molecule has 0 unspecified atom stereocenters. The fraction of sp³-hybridized carbons (Fsp3) is 0.385. The van der Waals surface area contributed by atoms with E-state index in [9.17, 15) is 14.0 Å². The van der Waals surface area contributed by atoms with E-state index >= 15 is 0 Å². The van der Waals surface area contributed by atoms with Gasteiger partial charge in [-0.2, -0.15) is 0 Å². The van der Waals surface area contributed by atoms with E-state index in [-0.39, 0.29) is 30.5 Å². The fourth-order valence-electron chi connectivity index (χ4n) is 1.72. The highest BCUT2D eigenvalue weighted by molar-refractivity contribution is 5.91. The van der Waals surface area contributed by atoms with Crippen LogP contribution in [0.25, 0.3) is 0 Å². The number of hydrogen-bond acceptors (Lipinski definition) is 3. The Morgan fingerprint density at radius 2 is 1.68 bits per heavy atom. The lowest BCUT2D eigenvalue weighted by molar-refractivity contribution is -0.124. The zero-order valence-corrected chi connectivity index (χ0v) is 11.0. The summed E-state index contributed by atoms with van der Waals surface area (Å²) in [6, 6.07) is 5.49. The molecule has 0 aliphatic rings. The van der Waals surface area contributed by atoms with Crippen molar-refractivity contribution in [1.29, 1.82) is 0 Å². The molecule has 0 radical (unpaired) electrons. The number of rotatable bonds is 5. The molecule has 0 atom stereocenters. The van der Waals surface area contributed by atoms with Gasteiger partial charge in [-0.3, -0.25) is 15.0 Å². The van der Waals surface area contributed by atoms with Gasteiger partial charge in [-0.1, -0.05) is 13.8 Å². The van der Waals surface area contributed by atoms with Crippen LogP contribution in [0.2, 0.25) is 0 Å². The maximum atomic E-state index is 12.7. The molecule has 0 aliphatic carbocycles. The van der Waals surface area contributed by atoms with E-state index in [1.807, 2.05) is 5.43 Å². The van der Waals surface area contributed by atoms with Crippen LogP contribution in [0.15, 0.2) is 24.3 Å². The number of carbonyl (C=O) groups excluding carboxylic acids is 2. The molecule has 0 aliphatic heterocycles.